The lowest BCUT2D eigenvalue weighted by Crippen LogP contribution is -2.45. The Morgan fingerprint density at radius 2 is 1.81 bits per heavy atom. The second-order valence-electron chi connectivity index (χ2n) is 8.37. The highest BCUT2D eigenvalue weighted by molar-refractivity contribution is 6.32. The molecule has 3 rings (SSSR count). The van der Waals surface area contributed by atoms with Crippen LogP contribution in [-0.2, 0) is 4.79 Å². The van der Waals surface area contributed by atoms with E-state index in [1.807, 2.05) is 30.1 Å². The van der Waals surface area contributed by atoms with Crippen LogP contribution >= 0.6 is 11.6 Å². The third-order valence-corrected chi connectivity index (χ3v) is 6.15. The highest BCUT2D eigenvalue weighted by atomic mass is 35.5. The van der Waals surface area contributed by atoms with Crippen molar-refractivity contribution >= 4 is 34.7 Å². The number of amides is 1. The Hall–Kier alpha value is -2.53. The molecule has 32 heavy (non-hydrogen) atoms. The summed E-state index contributed by atoms with van der Waals surface area (Å²) in [5.74, 6) is 1.01. The summed E-state index contributed by atoms with van der Waals surface area (Å²) in [6.45, 7) is 13.8. The van der Waals surface area contributed by atoms with E-state index in [1.165, 1.54) is 12.0 Å². The summed E-state index contributed by atoms with van der Waals surface area (Å²) in [7, 11) is 4.06. The number of hydrogen-bond acceptors (Lipinski definition) is 4. The molecule has 1 saturated heterocycles. The standard InChI is InChI=1S/C23H29ClN4O.C3H8/c1-16-8-6-7-9-22(16)26(4)17(2)20-14-23(25-15-21(20)24)27(5)19-10-12-28(13-11-19)18(3)29;1-3-2/h6-9,14-15,19H,2,10-13H2,1,3-5H3;3H2,1-2H3. The zero-order valence-electron chi connectivity index (χ0n) is 20.4. The van der Waals surface area contributed by atoms with Crippen LogP contribution in [-0.4, -0.2) is 49.0 Å². The van der Waals surface area contributed by atoms with Gasteiger partial charge in [0.2, 0.25) is 5.91 Å². The summed E-state index contributed by atoms with van der Waals surface area (Å²) in [6, 6.07) is 10.6. The number of aryl methyl sites for hydroxylation is 1. The molecule has 1 fully saturated rings. The number of nitrogens with zero attached hydrogens (tertiary/aromatic N) is 4. The fourth-order valence-electron chi connectivity index (χ4n) is 3.86. The maximum atomic E-state index is 11.6. The number of halogens is 1. The summed E-state index contributed by atoms with van der Waals surface area (Å²) in [5, 5.41) is 0.582. The van der Waals surface area contributed by atoms with Crippen molar-refractivity contribution in [2.45, 2.75) is 53.0 Å². The number of likely N-dealkylation sites (tertiary alicyclic amines) is 1. The van der Waals surface area contributed by atoms with Crippen LogP contribution in [0.2, 0.25) is 5.02 Å². The van der Waals surface area contributed by atoms with Crippen LogP contribution in [0.25, 0.3) is 5.70 Å². The maximum Gasteiger partial charge on any atom is 0.219 e. The molecule has 0 unspecified atom stereocenters. The predicted molar refractivity (Wildman–Crippen MR) is 138 cm³/mol. The average molecular weight is 457 g/mol. The summed E-state index contributed by atoms with van der Waals surface area (Å²) < 4.78 is 0. The number of anilines is 2. The lowest BCUT2D eigenvalue weighted by atomic mass is 10.0. The molecule has 0 aliphatic carbocycles. The molecule has 0 saturated carbocycles. The minimum atomic E-state index is 0.147. The number of carbonyl (C=O) groups is 1. The van der Waals surface area contributed by atoms with Gasteiger partial charge in [-0.05, 0) is 37.5 Å². The van der Waals surface area contributed by atoms with Crippen LogP contribution in [0.5, 0.6) is 0 Å². The zero-order chi connectivity index (χ0) is 23.8. The Labute approximate surface area is 198 Å². The Morgan fingerprint density at radius 3 is 2.38 bits per heavy atom. The average Bonchev–Trinajstić information content (AvgIpc) is 2.79. The number of carbonyl (C=O) groups excluding carboxylic acids is 1. The Bertz CT molecular complexity index is 922. The molecule has 1 aliphatic heterocycles. The normalized spacial score (nSPS) is 13.8. The molecule has 1 aromatic heterocycles. The van der Waals surface area contributed by atoms with E-state index in [-0.39, 0.29) is 5.91 Å². The molecule has 2 aromatic rings. The van der Waals surface area contributed by atoms with Gasteiger partial charge < -0.3 is 14.7 Å². The van der Waals surface area contributed by atoms with Gasteiger partial charge in [-0.15, -0.1) is 0 Å². The molecular formula is C26H37ClN4O. The number of aromatic nitrogens is 1. The SMILES string of the molecule is C=C(c1cc(N(C)C2CCN(C(C)=O)CC2)ncc1Cl)N(C)c1ccccc1C.CCC. The number of piperidine rings is 1. The second-order valence-corrected chi connectivity index (χ2v) is 8.78. The van der Waals surface area contributed by atoms with E-state index < -0.39 is 0 Å². The van der Waals surface area contributed by atoms with E-state index in [1.54, 1.807) is 13.1 Å². The van der Waals surface area contributed by atoms with Crippen LogP contribution in [0.1, 0.15) is 51.2 Å². The van der Waals surface area contributed by atoms with Gasteiger partial charge in [0.05, 0.1) is 5.02 Å². The Morgan fingerprint density at radius 1 is 1.22 bits per heavy atom. The van der Waals surface area contributed by atoms with Gasteiger partial charge in [0.1, 0.15) is 5.82 Å². The molecule has 2 heterocycles. The fourth-order valence-corrected chi connectivity index (χ4v) is 4.08. The molecule has 1 aliphatic rings. The topological polar surface area (TPSA) is 39.7 Å². The van der Waals surface area contributed by atoms with Crippen molar-refractivity contribution < 1.29 is 4.79 Å². The van der Waals surface area contributed by atoms with Gasteiger partial charge in [-0.25, -0.2) is 4.98 Å². The van der Waals surface area contributed by atoms with Gasteiger partial charge in [0.15, 0.2) is 0 Å². The quantitative estimate of drug-likeness (QED) is 0.552. The van der Waals surface area contributed by atoms with Crippen molar-refractivity contribution in [1.82, 2.24) is 9.88 Å². The number of pyridine rings is 1. The van der Waals surface area contributed by atoms with Crippen molar-refractivity contribution in [1.29, 1.82) is 0 Å². The largest absolute Gasteiger partial charge is 0.357 e. The highest BCUT2D eigenvalue weighted by Gasteiger charge is 2.25. The number of rotatable bonds is 5. The highest BCUT2D eigenvalue weighted by Crippen LogP contribution is 2.32. The van der Waals surface area contributed by atoms with Gasteiger partial charge in [-0.2, -0.15) is 0 Å². The van der Waals surface area contributed by atoms with Crippen LogP contribution in [0.4, 0.5) is 11.5 Å². The Balaban J connectivity index is 0.00000114. The molecular weight excluding hydrogens is 420 g/mol. The van der Waals surface area contributed by atoms with E-state index in [9.17, 15) is 4.79 Å². The number of hydrogen-bond donors (Lipinski definition) is 0. The van der Waals surface area contributed by atoms with Crippen molar-refractivity contribution in [2.24, 2.45) is 0 Å². The predicted octanol–water partition coefficient (Wildman–Crippen LogP) is 6.01. The van der Waals surface area contributed by atoms with Gasteiger partial charge in [0.25, 0.3) is 0 Å². The number of para-hydroxylation sites is 1. The van der Waals surface area contributed by atoms with Crippen LogP contribution in [0, 0.1) is 6.92 Å². The van der Waals surface area contributed by atoms with Crippen LogP contribution < -0.4 is 9.80 Å². The Kier molecular flexibility index (Phi) is 9.58. The summed E-state index contributed by atoms with van der Waals surface area (Å²) in [5.41, 5.74) is 3.97. The second kappa shape index (κ2) is 11.9. The van der Waals surface area contributed by atoms with Crippen molar-refractivity contribution in [3.8, 4) is 0 Å². The van der Waals surface area contributed by atoms with Crippen LogP contribution in [0.15, 0.2) is 43.1 Å². The van der Waals surface area contributed by atoms with Gasteiger partial charge in [0, 0.05) is 63.3 Å². The van der Waals surface area contributed by atoms with E-state index >= 15 is 0 Å². The summed E-state index contributed by atoms with van der Waals surface area (Å²) in [6.07, 6.45) is 4.81. The van der Waals surface area contributed by atoms with Crippen molar-refractivity contribution in [2.75, 3.05) is 37.0 Å². The van der Waals surface area contributed by atoms with Crippen molar-refractivity contribution in [3.05, 3.63) is 59.3 Å². The summed E-state index contributed by atoms with van der Waals surface area (Å²) in [4.78, 5) is 22.3. The van der Waals surface area contributed by atoms with E-state index in [4.69, 9.17) is 11.6 Å². The molecule has 6 heteroatoms. The van der Waals surface area contributed by atoms with Gasteiger partial charge >= 0.3 is 0 Å². The first-order valence-electron chi connectivity index (χ1n) is 11.3. The first kappa shape index (κ1) is 25.7. The molecule has 0 radical (unpaired) electrons. The van der Waals surface area contributed by atoms with Gasteiger partial charge in [-0.1, -0.05) is 56.6 Å². The van der Waals surface area contributed by atoms with Gasteiger partial charge in [-0.3, -0.25) is 4.79 Å². The minimum Gasteiger partial charge on any atom is -0.357 e. The molecule has 0 spiro atoms. The molecule has 1 aromatic carbocycles. The van der Waals surface area contributed by atoms with E-state index in [2.05, 4.69) is 61.3 Å². The summed E-state index contributed by atoms with van der Waals surface area (Å²) >= 11 is 6.49. The lowest BCUT2D eigenvalue weighted by Gasteiger charge is -2.37. The molecule has 174 valence electrons. The third kappa shape index (κ3) is 6.26. The lowest BCUT2D eigenvalue weighted by molar-refractivity contribution is -0.129. The number of benzene rings is 1. The molecule has 5 nitrogen and oxygen atoms in total. The molecule has 1 amide bonds. The molecule has 0 bridgehead atoms. The van der Waals surface area contributed by atoms with E-state index in [0.717, 1.165) is 48.7 Å². The van der Waals surface area contributed by atoms with Crippen molar-refractivity contribution in [3.63, 3.8) is 0 Å². The molecule has 0 N–H and O–H groups in total. The first-order chi connectivity index (χ1) is 15.2. The minimum absolute atomic E-state index is 0.147. The third-order valence-electron chi connectivity index (χ3n) is 5.85. The fraction of sp³-hybridized carbons (Fsp3) is 0.462. The first-order valence-corrected chi connectivity index (χ1v) is 11.7. The molecule has 0 atom stereocenters. The van der Waals surface area contributed by atoms with Crippen LogP contribution in [0.3, 0.4) is 0 Å². The smallest absolute Gasteiger partial charge is 0.219 e. The van der Waals surface area contributed by atoms with E-state index in [0.29, 0.717) is 11.1 Å². The zero-order valence-corrected chi connectivity index (χ0v) is 21.1. The maximum absolute atomic E-state index is 11.6. The monoisotopic (exact) mass is 456 g/mol.